The maximum Gasteiger partial charge on any atom is 0.490 e. The van der Waals surface area contributed by atoms with Crippen molar-refractivity contribution in [2.24, 2.45) is 11.5 Å². The molecule has 0 fully saturated rings. The Bertz CT molecular complexity index is 1020. The first-order chi connectivity index (χ1) is 14.9. The first kappa shape index (κ1) is 24.3. The molecular weight excluding hydrogens is 441 g/mol. The van der Waals surface area contributed by atoms with E-state index >= 15 is 0 Å². The van der Waals surface area contributed by atoms with Gasteiger partial charge in [0.15, 0.2) is 0 Å². The number of carbonyl (C=O) groups excluding carboxylic acids is 3. The van der Waals surface area contributed by atoms with E-state index in [0.717, 1.165) is 12.1 Å². The summed E-state index contributed by atoms with van der Waals surface area (Å²) in [6.45, 7) is 0.344. The zero-order valence-corrected chi connectivity index (χ0v) is 16.3. The smallest absolute Gasteiger partial charge is 0.475 e. The molecule has 3 amide bonds. The van der Waals surface area contributed by atoms with Crippen molar-refractivity contribution in [3.63, 3.8) is 0 Å². The fourth-order valence-electron chi connectivity index (χ4n) is 2.65. The van der Waals surface area contributed by atoms with Crippen LogP contribution >= 0.6 is 0 Å². The van der Waals surface area contributed by atoms with Crippen molar-refractivity contribution in [2.75, 3.05) is 11.9 Å². The number of nitrogens with zero attached hydrogens (tertiary/aromatic N) is 3. The number of fused-ring (bicyclic) bond motifs is 1. The van der Waals surface area contributed by atoms with E-state index in [2.05, 4.69) is 25.9 Å². The molecule has 2 aromatic heterocycles. The molecule has 3 heterocycles. The van der Waals surface area contributed by atoms with Crippen molar-refractivity contribution in [3.05, 3.63) is 29.3 Å². The molecule has 0 aliphatic carbocycles. The molecular formula is C16H19F3N8O5. The van der Waals surface area contributed by atoms with Crippen LogP contribution in [-0.2, 0) is 22.6 Å². The highest BCUT2D eigenvalue weighted by molar-refractivity contribution is 6.08. The molecule has 3 rings (SSSR count). The predicted molar refractivity (Wildman–Crippen MR) is 100 cm³/mol. The number of primary amides is 1. The lowest BCUT2D eigenvalue weighted by molar-refractivity contribution is -0.192. The number of nitrogens with one attached hydrogen (secondary N) is 3. The molecule has 2 aromatic rings. The second-order valence-corrected chi connectivity index (χ2v) is 6.55. The summed E-state index contributed by atoms with van der Waals surface area (Å²) in [7, 11) is 0. The Labute approximate surface area is 177 Å². The number of H-pyrrole nitrogens is 1. The Kier molecular flexibility index (Phi) is 7.53. The Hall–Kier alpha value is -3.95. The number of hydrogen-bond donors (Lipinski definition) is 6. The third-order valence-electron chi connectivity index (χ3n) is 4.14. The second-order valence-electron chi connectivity index (χ2n) is 6.55. The number of carboxylic acid groups (broad SMARTS) is 1. The van der Waals surface area contributed by atoms with E-state index < -0.39 is 29.9 Å². The lowest BCUT2D eigenvalue weighted by Gasteiger charge is -2.20. The van der Waals surface area contributed by atoms with Crippen LogP contribution in [0.1, 0.15) is 33.0 Å². The first-order valence-electron chi connectivity index (χ1n) is 8.91. The van der Waals surface area contributed by atoms with E-state index in [9.17, 15) is 27.6 Å². The van der Waals surface area contributed by atoms with Gasteiger partial charge >= 0.3 is 12.1 Å². The van der Waals surface area contributed by atoms with Crippen LogP contribution in [0.15, 0.2) is 12.4 Å². The predicted octanol–water partition coefficient (Wildman–Crippen LogP) is -1.02. The number of hydrogen-bond acceptors (Lipinski definition) is 7. The molecule has 0 saturated heterocycles. The number of aromatic nitrogens is 4. The van der Waals surface area contributed by atoms with E-state index in [4.69, 9.17) is 21.4 Å². The summed E-state index contributed by atoms with van der Waals surface area (Å²) in [4.78, 5) is 44.2. The minimum absolute atomic E-state index is 0.0141. The number of alkyl halides is 3. The maximum absolute atomic E-state index is 12.5. The minimum Gasteiger partial charge on any atom is -0.475 e. The topological polar surface area (TPSA) is 211 Å². The SMILES string of the molecule is NC(=O)CNC(=O)c1[nH]ncc1NC(=O)c1cnn2c1CC(N)CC2.O=C(O)C(F)(F)F. The highest BCUT2D eigenvalue weighted by Gasteiger charge is 2.38. The number of carbonyl (C=O) groups is 4. The molecule has 13 nitrogen and oxygen atoms in total. The van der Waals surface area contributed by atoms with Crippen LogP contribution < -0.4 is 22.1 Å². The van der Waals surface area contributed by atoms with Crippen molar-refractivity contribution >= 4 is 29.4 Å². The molecule has 1 aliphatic rings. The summed E-state index contributed by atoms with van der Waals surface area (Å²) >= 11 is 0. The van der Waals surface area contributed by atoms with Gasteiger partial charge in [-0.1, -0.05) is 0 Å². The van der Waals surface area contributed by atoms with E-state index in [-0.39, 0.29) is 24.0 Å². The summed E-state index contributed by atoms with van der Waals surface area (Å²) in [5.74, 6) is -4.46. The third-order valence-corrected chi connectivity index (χ3v) is 4.14. The standard InChI is InChI=1S/C14H18N8O3.C2HF3O2/c15-7-1-2-22-10(3-7)8(4-19-22)13(24)20-9-5-18-21-12(9)14(25)17-6-11(16)23;3-2(4,5)1(6)7/h4-5,7H,1-3,6,15H2,(H2,16,23)(H,17,25)(H,18,21)(H,20,24);(H,6,7). The van der Waals surface area contributed by atoms with E-state index in [1.54, 1.807) is 4.68 Å². The van der Waals surface area contributed by atoms with E-state index in [0.29, 0.717) is 18.5 Å². The van der Waals surface area contributed by atoms with Gasteiger partial charge in [0, 0.05) is 19.0 Å². The molecule has 174 valence electrons. The number of aliphatic carboxylic acids is 1. The highest BCUT2D eigenvalue weighted by Crippen LogP contribution is 2.20. The van der Waals surface area contributed by atoms with Gasteiger partial charge in [0.25, 0.3) is 11.8 Å². The zero-order chi connectivity index (χ0) is 24.1. The summed E-state index contributed by atoms with van der Waals surface area (Å²) in [5.41, 5.74) is 12.3. The van der Waals surface area contributed by atoms with Gasteiger partial charge in [-0.2, -0.15) is 23.4 Å². The van der Waals surface area contributed by atoms with Crippen molar-refractivity contribution in [3.8, 4) is 0 Å². The molecule has 16 heteroatoms. The number of halogens is 3. The number of rotatable bonds is 5. The summed E-state index contributed by atoms with van der Waals surface area (Å²) in [6, 6.07) is -0.0141. The lowest BCUT2D eigenvalue weighted by atomic mass is 10.0. The van der Waals surface area contributed by atoms with Crippen molar-refractivity contribution in [1.82, 2.24) is 25.3 Å². The van der Waals surface area contributed by atoms with Gasteiger partial charge in [-0.3, -0.25) is 24.2 Å². The molecule has 0 bridgehead atoms. The normalized spacial score (nSPS) is 15.1. The van der Waals surface area contributed by atoms with Gasteiger partial charge in [-0.25, -0.2) is 4.79 Å². The number of aromatic amines is 1. The number of anilines is 1. The van der Waals surface area contributed by atoms with Crippen molar-refractivity contribution < 1.29 is 37.5 Å². The van der Waals surface area contributed by atoms with Crippen LogP contribution in [0.4, 0.5) is 18.9 Å². The highest BCUT2D eigenvalue weighted by atomic mass is 19.4. The van der Waals surface area contributed by atoms with Crippen LogP contribution in [0.3, 0.4) is 0 Å². The molecule has 0 aromatic carbocycles. The van der Waals surface area contributed by atoms with Crippen LogP contribution in [0.5, 0.6) is 0 Å². The van der Waals surface area contributed by atoms with Crippen LogP contribution in [0.25, 0.3) is 0 Å². The number of amides is 3. The van der Waals surface area contributed by atoms with Gasteiger partial charge in [-0.05, 0) is 6.42 Å². The fourth-order valence-corrected chi connectivity index (χ4v) is 2.65. The number of nitrogens with two attached hydrogens (primary N) is 2. The molecule has 32 heavy (non-hydrogen) atoms. The monoisotopic (exact) mass is 460 g/mol. The van der Waals surface area contributed by atoms with Crippen molar-refractivity contribution in [1.29, 1.82) is 0 Å². The Morgan fingerprint density at radius 3 is 2.50 bits per heavy atom. The van der Waals surface area contributed by atoms with Gasteiger partial charge in [-0.15, -0.1) is 0 Å². The fraction of sp³-hybridized carbons (Fsp3) is 0.375. The second kappa shape index (κ2) is 9.90. The van der Waals surface area contributed by atoms with Crippen LogP contribution in [0.2, 0.25) is 0 Å². The molecule has 0 radical (unpaired) electrons. The molecule has 0 saturated carbocycles. The quantitative estimate of drug-likeness (QED) is 0.324. The third kappa shape index (κ3) is 6.27. The average Bonchev–Trinajstić information content (AvgIpc) is 3.32. The summed E-state index contributed by atoms with van der Waals surface area (Å²) in [6.07, 6.45) is -0.934. The molecule has 0 spiro atoms. The summed E-state index contributed by atoms with van der Waals surface area (Å²) < 4.78 is 33.5. The molecule has 1 aliphatic heterocycles. The Morgan fingerprint density at radius 2 is 1.91 bits per heavy atom. The minimum atomic E-state index is -5.08. The van der Waals surface area contributed by atoms with Gasteiger partial charge < -0.3 is 27.2 Å². The molecule has 8 N–H and O–H groups in total. The number of aryl methyl sites for hydroxylation is 1. The molecule has 1 atom stereocenters. The maximum atomic E-state index is 12.5. The summed E-state index contributed by atoms with van der Waals surface area (Å²) in [5, 5.41) is 22.5. The lowest BCUT2D eigenvalue weighted by Crippen LogP contribution is -2.34. The zero-order valence-electron chi connectivity index (χ0n) is 16.3. The number of carboxylic acids is 1. The molecule has 1 unspecified atom stereocenters. The van der Waals surface area contributed by atoms with Crippen molar-refractivity contribution in [2.45, 2.75) is 31.6 Å². The van der Waals surface area contributed by atoms with E-state index in [1.807, 2.05) is 0 Å². The van der Waals surface area contributed by atoms with Crippen LogP contribution in [0, 0.1) is 0 Å². The van der Waals surface area contributed by atoms with Gasteiger partial charge in [0.1, 0.15) is 5.69 Å². The average molecular weight is 460 g/mol. The van der Waals surface area contributed by atoms with Crippen LogP contribution in [-0.4, -0.2) is 67.5 Å². The Morgan fingerprint density at radius 1 is 1.25 bits per heavy atom. The van der Waals surface area contributed by atoms with Gasteiger partial charge in [0.05, 0.1) is 35.9 Å². The Balaban J connectivity index is 0.000000451. The van der Waals surface area contributed by atoms with Gasteiger partial charge in [0.2, 0.25) is 5.91 Å². The largest absolute Gasteiger partial charge is 0.490 e. The van der Waals surface area contributed by atoms with E-state index in [1.165, 1.54) is 12.4 Å². The first-order valence-corrected chi connectivity index (χ1v) is 8.91.